The van der Waals surface area contributed by atoms with E-state index in [9.17, 15) is 9.90 Å². The van der Waals surface area contributed by atoms with Crippen LogP contribution in [0.15, 0.2) is 0 Å². The van der Waals surface area contributed by atoms with Gasteiger partial charge in [-0.2, -0.15) is 0 Å². The molecule has 1 aliphatic rings. The van der Waals surface area contributed by atoms with Gasteiger partial charge in [0.25, 0.3) is 0 Å². The molecule has 0 aliphatic heterocycles. The molecule has 4 nitrogen and oxygen atoms in total. The Morgan fingerprint density at radius 2 is 1.95 bits per heavy atom. The van der Waals surface area contributed by atoms with Crippen LogP contribution < -0.4 is 0 Å². The fraction of sp³-hybridized carbons (Fsp3) is 0.750. The van der Waals surface area contributed by atoms with Crippen LogP contribution in [0.4, 0.5) is 0 Å². The first kappa shape index (κ1) is 16.4. The van der Waals surface area contributed by atoms with Gasteiger partial charge in [-0.05, 0) is 19.9 Å². The summed E-state index contributed by atoms with van der Waals surface area (Å²) in [5.74, 6) is -0.857. The topological polar surface area (TPSA) is 53.4 Å². The van der Waals surface area contributed by atoms with Crippen LogP contribution in [0.2, 0.25) is 0 Å². The molecule has 0 spiro atoms. The summed E-state index contributed by atoms with van der Waals surface area (Å²) in [6, 6.07) is 0.619. The number of rotatable bonds is 4. The van der Waals surface area contributed by atoms with Gasteiger partial charge < -0.3 is 5.11 Å². The Hall–Kier alpha value is -0.940. The second-order valence-electron chi connectivity index (χ2n) is 7.05. The third-order valence-corrected chi connectivity index (χ3v) is 5.19. The van der Waals surface area contributed by atoms with Crippen LogP contribution >= 0.6 is 11.3 Å². The lowest BCUT2D eigenvalue weighted by atomic mass is 9.91. The minimum absolute atomic E-state index is 0.230. The van der Waals surface area contributed by atoms with Crippen LogP contribution in [-0.2, 0) is 12.0 Å². The number of thiazole rings is 1. The van der Waals surface area contributed by atoms with E-state index in [0.717, 1.165) is 11.6 Å². The van der Waals surface area contributed by atoms with Crippen molar-refractivity contribution in [2.24, 2.45) is 0 Å². The molecule has 1 saturated carbocycles. The van der Waals surface area contributed by atoms with Gasteiger partial charge >= 0.3 is 5.97 Å². The number of carboxylic acids is 1. The van der Waals surface area contributed by atoms with Crippen molar-refractivity contribution in [3.63, 3.8) is 0 Å². The molecule has 0 radical (unpaired) electrons. The van der Waals surface area contributed by atoms with Gasteiger partial charge in [0.05, 0.1) is 12.2 Å². The number of hydrogen-bond donors (Lipinski definition) is 1. The standard InChI is InChI=1S/C16H26N2O2S/c1-16(2,3)14-13(15(19)20)21-12(17-14)10-18(4)11-8-6-5-7-9-11/h11H,5-10H2,1-4H3,(H,19,20). The van der Waals surface area contributed by atoms with Crippen LogP contribution in [0.3, 0.4) is 0 Å². The minimum Gasteiger partial charge on any atom is -0.477 e. The third kappa shape index (κ3) is 4.04. The molecule has 0 atom stereocenters. The molecule has 0 amide bonds. The van der Waals surface area contributed by atoms with Gasteiger partial charge in [-0.1, -0.05) is 40.0 Å². The molecular weight excluding hydrogens is 284 g/mol. The van der Waals surface area contributed by atoms with E-state index < -0.39 is 5.97 Å². The van der Waals surface area contributed by atoms with Crippen LogP contribution in [0.1, 0.15) is 73.2 Å². The molecule has 1 fully saturated rings. The molecule has 118 valence electrons. The van der Waals surface area contributed by atoms with Crippen molar-refractivity contribution in [1.82, 2.24) is 9.88 Å². The molecule has 5 heteroatoms. The first-order valence-electron chi connectivity index (χ1n) is 7.72. The summed E-state index contributed by atoms with van der Waals surface area (Å²) in [5, 5.41) is 10.3. The van der Waals surface area contributed by atoms with Crippen molar-refractivity contribution >= 4 is 17.3 Å². The Bertz CT molecular complexity index is 499. The molecule has 1 aromatic rings. The van der Waals surface area contributed by atoms with E-state index in [2.05, 4.69) is 16.9 Å². The molecule has 0 unspecified atom stereocenters. The Balaban J connectivity index is 2.15. The van der Waals surface area contributed by atoms with Gasteiger partial charge in [-0.15, -0.1) is 11.3 Å². The predicted octanol–water partition coefficient (Wildman–Crippen LogP) is 3.90. The van der Waals surface area contributed by atoms with Crippen molar-refractivity contribution < 1.29 is 9.90 Å². The van der Waals surface area contributed by atoms with Crippen molar-refractivity contribution in [1.29, 1.82) is 0 Å². The number of aromatic carboxylic acids is 1. The average Bonchev–Trinajstić information content (AvgIpc) is 2.84. The molecule has 1 aromatic heterocycles. The number of hydrogen-bond acceptors (Lipinski definition) is 4. The molecule has 21 heavy (non-hydrogen) atoms. The Morgan fingerprint density at radius 1 is 1.33 bits per heavy atom. The molecule has 0 bridgehead atoms. The summed E-state index contributed by atoms with van der Waals surface area (Å²) < 4.78 is 0. The van der Waals surface area contributed by atoms with Crippen molar-refractivity contribution in [2.45, 2.75) is 70.9 Å². The highest BCUT2D eigenvalue weighted by atomic mass is 32.1. The highest BCUT2D eigenvalue weighted by Gasteiger charge is 2.28. The lowest BCUT2D eigenvalue weighted by molar-refractivity contribution is 0.0699. The minimum atomic E-state index is -0.857. The molecule has 1 heterocycles. The Labute approximate surface area is 131 Å². The normalized spacial score (nSPS) is 17.4. The second-order valence-corrected chi connectivity index (χ2v) is 8.13. The maximum atomic E-state index is 11.4. The Kier molecular flexibility index (Phi) is 5.04. The number of nitrogens with zero attached hydrogens (tertiary/aromatic N) is 2. The van der Waals surface area contributed by atoms with E-state index >= 15 is 0 Å². The van der Waals surface area contributed by atoms with E-state index in [1.165, 1.54) is 43.4 Å². The smallest absolute Gasteiger partial charge is 0.347 e. The van der Waals surface area contributed by atoms with Crippen molar-refractivity contribution in [2.75, 3.05) is 7.05 Å². The van der Waals surface area contributed by atoms with Gasteiger partial charge in [0.1, 0.15) is 9.88 Å². The first-order chi connectivity index (χ1) is 9.79. The monoisotopic (exact) mass is 310 g/mol. The number of aromatic nitrogens is 1. The van der Waals surface area contributed by atoms with Gasteiger partial charge in [0, 0.05) is 11.5 Å². The first-order valence-corrected chi connectivity index (χ1v) is 8.54. The lowest BCUT2D eigenvalue weighted by Gasteiger charge is -2.30. The molecule has 0 saturated heterocycles. The van der Waals surface area contributed by atoms with Crippen molar-refractivity contribution in [3.05, 3.63) is 15.6 Å². The van der Waals surface area contributed by atoms with Crippen LogP contribution in [0.5, 0.6) is 0 Å². The number of carbonyl (C=O) groups is 1. The zero-order valence-corrected chi connectivity index (χ0v) is 14.3. The van der Waals surface area contributed by atoms with Crippen LogP contribution in [0.25, 0.3) is 0 Å². The largest absolute Gasteiger partial charge is 0.477 e. The molecule has 1 aliphatic carbocycles. The van der Waals surface area contributed by atoms with Crippen molar-refractivity contribution in [3.8, 4) is 0 Å². The van der Waals surface area contributed by atoms with E-state index in [4.69, 9.17) is 0 Å². The van der Waals surface area contributed by atoms with Gasteiger partial charge in [-0.3, -0.25) is 4.90 Å². The summed E-state index contributed by atoms with van der Waals surface area (Å²) >= 11 is 1.33. The summed E-state index contributed by atoms with van der Waals surface area (Å²) in [5.41, 5.74) is 0.485. The highest BCUT2D eigenvalue weighted by Crippen LogP contribution is 2.31. The fourth-order valence-corrected chi connectivity index (χ4v) is 4.13. The van der Waals surface area contributed by atoms with Gasteiger partial charge in [-0.25, -0.2) is 9.78 Å². The maximum Gasteiger partial charge on any atom is 0.347 e. The average molecular weight is 310 g/mol. The van der Waals surface area contributed by atoms with E-state index in [1.54, 1.807) is 0 Å². The Morgan fingerprint density at radius 3 is 2.43 bits per heavy atom. The zero-order chi connectivity index (χ0) is 15.6. The molecule has 0 aromatic carbocycles. The lowest BCUT2D eigenvalue weighted by Crippen LogP contribution is -2.32. The molecule has 1 N–H and O–H groups in total. The molecular formula is C16H26N2O2S. The maximum absolute atomic E-state index is 11.4. The number of carboxylic acid groups (broad SMARTS) is 1. The SMILES string of the molecule is CN(Cc1nc(C(C)(C)C)c(C(=O)O)s1)C1CCCCC1. The fourth-order valence-electron chi connectivity index (χ4n) is 2.95. The predicted molar refractivity (Wildman–Crippen MR) is 86.1 cm³/mol. The van der Waals surface area contributed by atoms with Gasteiger partial charge in [0.15, 0.2) is 0 Å². The van der Waals surface area contributed by atoms with E-state index in [0.29, 0.717) is 16.6 Å². The van der Waals surface area contributed by atoms with E-state index in [-0.39, 0.29) is 5.41 Å². The van der Waals surface area contributed by atoms with Crippen LogP contribution in [0, 0.1) is 0 Å². The quantitative estimate of drug-likeness (QED) is 0.916. The molecule has 2 rings (SSSR count). The van der Waals surface area contributed by atoms with Gasteiger partial charge in [0.2, 0.25) is 0 Å². The summed E-state index contributed by atoms with van der Waals surface area (Å²) in [4.78, 5) is 18.8. The highest BCUT2D eigenvalue weighted by molar-refractivity contribution is 7.13. The zero-order valence-electron chi connectivity index (χ0n) is 13.5. The summed E-state index contributed by atoms with van der Waals surface area (Å²) in [7, 11) is 2.13. The second kappa shape index (κ2) is 6.44. The summed E-state index contributed by atoms with van der Waals surface area (Å²) in [6.07, 6.45) is 6.46. The summed E-state index contributed by atoms with van der Waals surface area (Å²) in [6.45, 7) is 6.81. The van der Waals surface area contributed by atoms with E-state index in [1.807, 2.05) is 20.8 Å². The van der Waals surface area contributed by atoms with Crippen LogP contribution in [-0.4, -0.2) is 34.0 Å². The third-order valence-electron chi connectivity index (χ3n) is 4.16.